The van der Waals surface area contributed by atoms with E-state index in [-0.39, 0.29) is 16.7 Å². The van der Waals surface area contributed by atoms with Crippen molar-refractivity contribution in [2.45, 2.75) is 28.3 Å². The van der Waals surface area contributed by atoms with E-state index in [1.807, 2.05) is 31.2 Å². The molecule has 0 spiro atoms. The Kier molecular flexibility index (Phi) is 6.78. The molecule has 7 nitrogen and oxygen atoms in total. The van der Waals surface area contributed by atoms with Gasteiger partial charge in [0.15, 0.2) is 0 Å². The summed E-state index contributed by atoms with van der Waals surface area (Å²) in [6.07, 6.45) is 0. The highest BCUT2D eigenvalue weighted by molar-refractivity contribution is 7.98. The van der Waals surface area contributed by atoms with Crippen LogP contribution in [0.3, 0.4) is 0 Å². The molecule has 154 valence electrons. The fourth-order valence-electron chi connectivity index (χ4n) is 2.45. The highest BCUT2D eigenvalue weighted by Crippen LogP contribution is 2.27. The van der Waals surface area contributed by atoms with Gasteiger partial charge in [0.1, 0.15) is 9.97 Å². The number of carbonyl (C=O) groups is 1. The van der Waals surface area contributed by atoms with Crippen molar-refractivity contribution in [3.05, 3.63) is 64.4 Å². The summed E-state index contributed by atoms with van der Waals surface area (Å²) in [5.41, 5.74) is 1.38. The second-order valence-electron chi connectivity index (χ2n) is 6.41. The van der Waals surface area contributed by atoms with Crippen LogP contribution in [0.2, 0.25) is 0 Å². The summed E-state index contributed by atoms with van der Waals surface area (Å²) in [6, 6.07) is 12.5. The van der Waals surface area contributed by atoms with Gasteiger partial charge in [-0.05, 0) is 31.2 Å². The van der Waals surface area contributed by atoms with Crippen molar-refractivity contribution in [1.29, 1.82) is 0 Å². The SMILES string of the molecule is Cc1cc(CSc2ccccc2C(=O)NCc2ccc(S(=O)(=O)N(C)C)s2)on1. The van der Waals surface area contributed by atoms with Gasteiger partial charge >= 0.3 is 0 Å². The number of nitrogens with one attached hydrogen (secondary N) is 1. The molecule has 2 heterocycles. The molecule has 0 saturated heterocycles. The van der Waals surface area contributed by atoms with Crippen LogP contribution in [-0.2, 0) is 22.3 Å². The van der Waals surface area contributed by atoms with Gasteiger partial charge in [-0.3, -0.25) is 4.79 Å². The molecule has 0 aliphatic rings. The molecular formula is C19H21N3O4S3. The largest absolute Gasteiger partial charge is 0.360 e. The minimum absolute atomic E-state index is 0.215. The van der Waals surface area contributed by atoms with E-state index in [1.54, 1.807) is 18.2 Å². The van der Waals surface area contributed by atoms with Gasteiger partial charge in [-0.1, -0.05) is 17.3 Å². The van der Waals surface area contributed by atoms with Crippen molar-refractivity contribution < 1.29 is 17.7 Å². The standard InChI is InChI=1S/C19H21N3O4S3/c1-13-10-14(26-21-13)12-27-17-7-5-4-6-16(17)19(23)20-11-15-8-9-18(28-15)29(24,25)22(2)3/h4-10H,11-12H2,1-3H3,(H,20,23). The number of aromatic nitrogens is 1. The monoisotopic (exact) mass is 451 g/mol. The predicted octanol–water partition coefficient (Wildman–Crippen LogP) is 3.52. The molecule has 1 amide bonds. The maximum absolute atomic E-state index is 12.7. The summed E-state index contributed by atoms with van der Waals surface area (Å²) in [5, 5.41) is 6.73. The Bertz CT molecular complexity index is 1100. The molecule has 0 aliphatic heterocycles. The molecule has 0 bridgehead atoms. The number of rotatable bonds is 8. The van der Waals surface area contributed by atoms with Gasteiger partial charge in [-0.2, -0.15) is 0 Å². The van der Waals surface area contributed by atoms with E-state index in [2.05, 4.69) is 10.5 Å². The number of amides is 1. The van der Waals surface area contributed by atoms with Crippen LogP contribution in [0.5, 0.6) is 0 Å². The fourth-order valence-corrected chi connectivity index (χ4v) is 5.84. The van der Waals surface area contributed by atoms with Gasteiger partial charge in [0, 0.05) is 29.9 Å². The third-order valence-corrected chi connectivity index (χ3v) is 8.44. The second kappa shape index (κ2) is 9.12. The van der Waals surface area contributed by atoms with Crippen LogP contribution in [0, 0.1) is 6.92 Å². The summed E-state index contributed by atoms with van der Waals surface area (Å²) in [7, 11) is -0.481. The maximum atomic E-state index is 12.7. The smallest absolute Gasteiger partial charge is 0.252 e. The number of sulfonamides is 1. The molecule has 0 saturated carbocycles. The quantitative estimate of drug-likeness (QED) is 0.527. The lowest BCUT2D eigenvalue weighted by molar-refractivity contribution is 0.0948. The number of carbonyl (C=O) groups excluding carboxylic acids is 1. The highest BCUT2D eigenvalue weighted by atomic mass is 32.2. The van der Waals surface area contributed by atoms with Gasteiger partial charge in [-0.15, -0.1) is 23.1 Å². The van der Waals surface area contributed by atoms with Crippen LogP contribution >= 0.6 is 23.1 Å². The van der Waals surface area contributed by atoms with Crippen LogP contribution in [0.4, 0.5) is 0 Å². The molecule has 10 heteroatoms. The second-order valence-corrected chi connectivity index (χ2v) is 11.0. The lowest BCUT2D eigenvalue weighted by atomic mass is 10.2. The average molecular weight is 452 g/mol. The Hall–Kier alpha value is -2.14. The molecule has 0 unspecified atom stereocenters. The lowest BCUT2D eigenvalue weighted by Crippen LogP contribution is -2.23. The molecule has 0 radical (unpaired) electrons. The number of aryl methyl sites for hydroxylation is 1. The van der Waals surface area contributed by atoms with Crippen LogP contribution in [0.25, 0.3) is 0 Å². The molecule has 1 N–H and O–H groups in total. The summed E-state index contributed by atoms with van der Waals surface area (Å²) in [6.45, 7) is 2.12. The van der Waals surface area contributed by atoms with Crippen molar-refractivity contribution in [2.24, 2.45) is 0 Å². The van der Waals surface area contributed by atoms with Crippen molar-refractivity contribution in [1.82, 2.24) is 14.8 Å². The molecule has 0 aliphatic carbocycles. The molecule has 0 atom stereocenters. The summed E-state index contributed by atoms with van der Waals surface area (Å²) >= 11 is 2.65. The van der Waals surface area contributed by atoms with Crippen LogP contribution in [-0.4, -0.2) is 37.9 Å². The zero-order chi connectivity index (χ0) is 21.0. The number of hydrogen-bond donors (Lipinski definition) is 1. The van der Waals surface area contributed by atoms with E-state index in [0.717, 1.165) is 32.6 Å². The molecule has 2 aromatic heterocycles. The first kappa shape index (κ1) is 21.6. The van der Waals surface area contributed by atoms with Crippen molar-refractivity contribution in [2.75, 3.05) is 14.1 Å². The minimum atomic E-state index is -3.46. The van der Waals surface area contributed by atoms with E-state index >= 15 is 0 Å². The first-order chi connectivity index (χ1) is 13.8. The zero-order valence-corrected chi connectivity index (χ0v) is 18.7. The molecule has 1 aromatic carbocycles. The number of benzene rings is 1. The number of hydrogen-bond acceptors (Lipinski definition) is 7. The molecule has 3 rings (SSSR count). The van der Waals surface area contributed by atoms with Crippen LogP contribution in [0.15, 0.2) is 56.1 Å². The van der Waals surface area contributed by atoms with Gasteiger partial charge in [0.05, 0.1) is 23.6 Å². The van der Waals surface area contributed by atoms with Crippen molar-refractivity contribution in [3.63, 3.8) is 0 Å². The number of thiophene rings is 1. The Labute approximate surface area is 178 Å². The highest BCUT2D eigenvalue weighted by Gasteiger charge is 2.20. The third kappa shape index (κ3) is 5.27. The minimum Gasteiger partial charge on any atom is -0.360 e. The van der Waals surface area contributed by atoms with Crippen molar-refractivity contribution >= 4 is 39.0 Å². The van der Waals surface area contributed by atoms with Gasteiger partial charge in [-0.25, -0.2) is 12.7 Å². The van der Waals surface area contributed by atoms with Gasteiger partial charge < -0.3 is 9.84 Å². The summed E-state index contributed by atoms with van der Waals surface area (Å²) in [4.78, 5) is 14.3. The Morgan fingerprint density at radius 1 is 1.24 bits per heavy atom. The first-order valence-electron chi connectivity index (χ1n) is 8.71. The Morgan fingerprint density at radius 2 is 2.00 bits per heavy atom. The first-order valence-corrected chi connectivity index (χ1v) is 11.9. The fraction of sp³-hybridized carbons (Fsp3) is 0.263. The normalized spacial score (nSPS) is 11.7. The average Bonchev–Trinajstić information content (AvgIpc) is 3.34. The number of thioether (sulfide) groups is 1. The molecule has 29 heavy (non-hydrogen) atoms. The van der Waals surface area contributed by atoms with Gasteiger partial charge in [0.25, 0.3) is 15.9 Å². The Morgan fingerprint density at radius 3 is 2.69 bits per heavy atom. The van der Waals surface area contributed by atoms with Gasteiger partial charge in [0.2, 0.25) is 0 Å². The third-order valence-electron chi connectivity index (χ3n) is 3.97. The summed E-state index contributed by atoms with van der Waals surface area (Å²) < 4.78 is 31.0. The van der Waals surface area contributed by atoms with Crippen LogP contribution in [0.1, 0.15) is 26.7 Å². The Balaban J connectivity index is 1.65. The van der Waals surface area contributed by atoms with E-state index in [4.69, 9.17) is 4.52 Å². The molecule has 3 aromatic rings. The van der Waals surface area contributed by atoms with Crippen LogP contribution < -0.4 is 5.32 Å². The zero-order valence-electron chi connectivity index (χ0n) is 16.2. The van der Waals surface area contributed by atoms with E-state index in [1.165, 1.54) is 30.2 Å². The molecular weight excluding hydrogens is 430 g/mol. The topological polar surface area (TPSA) is 92.5 Å². The van der Waals surface area contributed by atoms with E-state index < -0.39 is 10.0 Å². The predicted molar refractivity (Wildman–Crippen MR) is 114 cm³/mol. The lowest BCUT2D eigenvalue weighted by Gasteiger charge is -2.09. The van der Waals surface area contributed by atoms with E-state index in [9.17, 15) is 13.2 Å². The summed E-state index contributed by atoms with van der Waals surface area (Å²) in [5.74, 6) is 1.10. The maximum Gasteiger partial charge on any atom is 0.252 e. The molecule has 0 fully saturated rings. The van der Waals surface area contributed by atoms with E-state index in [0.29, 0.717) is 11.3 Å². The van der Waals surface area contributed by atoms with Crippen molar-refractivity contribution in [3.8, 4) is 0 Å². The number of nitrogens with zero attached hydrogens (tertiary/aromatic N) is 2.